The lowest BCUT2D eigenvalue weighted by atomic mass is 9.43. The molecule has 0 saturated heterocycles. The van der Waals surface area contributed by atoms with E-state index in [1.807, 2.05) is 6.08 Å². The Labute approximate surface area is 166 Å². The van der Waals surface area contributed by atoms with E-state index in [-0.39, 0.29) is 0 Å². The van der Waals surface area contributed by atoms with Gasteiger partial charge in [-0.15, -0.1) is 6.58 Å². The fourth-order valence-corrected chi connectivity index (χ4v) is 4.80. The molecule has 2 aliphatic carbocycles. The van der Waals surface area contributed by atoms with Crippen LogP contribution >= 0.6 is 0 Å². The second kappa shape index (κ2) is 8.93. The third-order valence-corrected chi connectivity index (χ3v) is 5.88. The summed E-state index contributed by atoms with van der Waals surface area (Å²) in [6, 6.07) is 9.97. The molecule has 0 amide bonds. The van der Waals surface area contributed by atoms with Crippen LogP contribution in [-0.4, -0.2) is 23.7 Å². The molecule has 0 heterocycles. The van der Waals surface area contributed by atoms with Gasteiger partial charge in [-0.1, -0.05) is 93.4 Å². The van der Waals surface area contributed by atoms with Gasteiger partial charge in [-0.3, -0.25) is 0 Å². The summed E-state index contributed by atoms with van der Waals surface area (Å²) in [4.78, 5) is 2.70. The minimum atomic E-state index is 0.404. The molecule has 1 atom stereocenters. The summed E-state index contributed by atoms with van der Waals surface area (Å²) in [6.07, 6.45) is 16.3. The highest BCUT2D eigenvalue weighted by atomic mass is 15.1. The summed E-state index contributed by atoms with van der Waals surface area (Å²) < 4.78 is 0. The lowest BCUT2D eigenvalue weighted by molar-refractivity contribution is 0.305. The van der Waals surface area contributed by atoms with Gasteiger partial charge in [-0.25, -0.2) is 0 Å². The molecule has 3 rings (SSSR count). The molecule has 1 nitrogen and oxygen atoms in total. The van der Waals surface area contributed by atoms with Gasteiger partial charge in [0.2, 0.25) is 0 Å². The Bertz CT molecular complexity index is 745. The zero-order valence-corrected chi connectivity index (χ0v) is 17.5. The first kappa shape index (κ1) is 20.0. The topological polar surface area (TPSA) is 3.24 Å². The minimum Gasteiger partial charge on any atom is -0.333 e. The van der Waals surface area contributed by atoms with Gasteiger partial charge in [0.15, 0.2) is 0 Å². The first-order chi connectivity index (χ1) is 13.0. The van der Waals surface area contributed by atoms with Gasteiger partial charge in [0, 0.05) is 0 Å². The second-order valence-electron chi connectivity index (χ2n) is 8.46. The molecule has 0 radical (unpaired) electrons. The summed E-state index contributed by atoms with van der Waals surface area (Å²) in [7, 11) is 0. The molecule has 0 N–H and O–H groups in total. The first-order valence-electron chi connectivity index (χ1n) is 10.6. The maximum Gasteiger partial charge on any atom is 0.269 e. The van der Waals surface area contributed by atoms with E-state index in [4.69, 9.17) is 0 Å². The Hall–Kier alpha value is -1.80. The second-order valence-corrected chi connectivity index (χ2v) is 8.46. The molecule has 1 aromatic rings. The normalized spacial score (nSPS) is 18.3. The van der Waals surface area contributed by atoms with Crippen LogP contribution in [0.5, 0.6) is 0 Å². The number of hydrogen-bond donors (Lipinski definition) is 0. The van der Waals surface area contributed by atoms with Crippen LogP contribution in [0.25, 0.3) is 5.47 Å². The zero-order chi connectivity index (χ0) is 19.4. The van der Waals surface area contributed by atoms with Crippen molar-refractivity contribution in [1.29, 1.82) is 0 Å². The fourth-order valence-electron chi connectivity index (χ4n) is 4.80. The number of hydrogen-bond acceptors (Lipinski definition) is 1. The Morgan fingerprint density at radius 2 is 1.93 bits per heavy atom. The molecule has 142 valence electrons. The van der Waals surface area contributed by atoms with Crippen LogP contribution in [0, 0.1) is 0 Å². The highest BCUT2D eigenvalue weighted by Crippen LogP contribution is 2.40. The Morgan fingerprint density at radius 1 is 1.19 bits per heavy atom. The molecule has 0 spiro atoms. The van der Waals surface area contributed by atoms with E-state index in [0.29, 0.717) is 24.7 Å². The van der Waals surface area contributed by atoms with E-state index >= 15 is 0 Å². The predicted molar refractivity (Wildman–Crippen MR) is 121 cm³/mol. The quantitative estimate of drug-likeness (QED) is 0.276. The number of benzene rings is 1. The van der Waals surface area contributed by atoms with Gasteiger partial charge in [0.1, 0.15) is 0 Å². The maximum absolute atomic E-state index is 3.85. The monoisotopic (exact) mass is 359 g/mol. The van der Waals surface area contributed by atoms with Crippen molar-refractivity contribution in [3.05, 3.63) is 77.9 Å². The van der Waals surface area contributed by atoms with Crippen molar-refractivity contribution < 1.29 is 0 Å². The van der Waals surface area contributed by atoms with Crippen molar-refractivity contribution in [3.8, 4) is 0 Å². The van der Waals surface area contributed by atoms with Crippen molar-refractivity contribution in [2.45, 2.75) is 71.3 Å². The smallest absolute Gasteiger partial charge is 0.269 e. The SMILES string of the molecule is C=CCCCC1=CC(B(C2=CCc3ccccc32)N(C(C)C)C(C)C)C=C1. The molecule has 0 bridgehead atoms. The number of nitrogens with zero attached hydrogens (tertiary/aromatic N) is 1. The fraction of sp³-hybridized carbons (Fsp3) is 0.440. The summed E-state index contributed by atoms with van der Waals surface area (Å²) in [5.74, 6) is 0.450. The zero-order valence-electron chi connectivity index (χ0n) is 17.5. The standard InChI is InChI=1S/C25H34BN/c1-6-7-8-11-21-14-16-23(18-21)26(27(19(2)3)20(4)5)25-17-15-22-12-9-10-13-24(22)25/h6,9-10,12-14,16-20,23H,1,7-8,11,15H2,2-5H3. The van der Waals surface area contributed by atoms with Crippen molar-refractivity contribution in [1.82, 2.24) is 4.81 Å². The first-order valence-corrected chi connectivity index (χ1v) is 10.6. The largest absolute Gasteiger partial charge is 0.333 e. The van der Waals surface area contributed by atoms with E-state index in [2.05, 4.69) is 87.7 Å². The highest BCUT2D eigenvalue weighted by molar-refractivity contribution is 6.79. The molecule has 2 heteroatoms. The van der Waals surface area contributed by atoms with E-state index in [1.54, 1.807) is 0 Å². The summed E-state index contributed by atoms with van der Waals surface area (Å²) in [5.41, 5.74) is 5.94. The van der Waals surface area contributed by atoms with Gasteiger partial charge in [0.25, 0.3) is 6.85 Å². The van der Waals surface area contributed by atoms with Gasteiger partial charge in [0.05, 0.1) is 0 Å². The maximum atomic E-state index is 3.85. The third kappa shape index (κ3) is 4.38. The molecule has 1 unspecified atom stereocenters. The van der Waals surface area contributed by atoms with Crippen LogP contribution in [0.3, 0.4) is 0 Å². The Morgan fingerprint density at radius 3 is 2.63 bits per heavy atom. The molecule has 0 aliphatic heterocycles. The van der Waals surface area contributed by atoms with Gasteiger partial charge in [-0.2, -0.15) is 0 Å². The summed E-state index contributed by atoms with van der Waals surface area (Å²) in [5, 5.41) is 0. The van der Waals surface area contributed by atoms with Crippen molar-refractivity contribution in [3.63, 3.8) is 0 Å². The lowest BCUT2D eigenvalue weighted by Crippen LogP contribution is -2.50. The van der Waals surface area contributed by atoms with Gasteiger partial charge < -0.3 is 4.81 Å². The molecular formula is C25H34BN. The molecule has 0 saturated carbocycles. The van der Waals surface area contributed by atoms with E-state index < -0.39 is 0 Å². The van der Waals surface area contributed by atoms with Gasteiger partial charge in [-0.05, 0) is 54.7 Å². The average Bonchev–Trinajstić information content (AvgIpc) is 3.26. The summed E-state index contributed by atoms with van der Waals surface area (Å²) >= 11 is 0. The number of rotatable bonds is 9. The van der Waals surface area contributed by atoms with Gasteiger partial charge >= 0.3 is 0 Å². The van der Waals surface area contributed by atoms with E-state index in [1.165, 1.54) is 28.6 Å². The molecule has 0 fully saturated rings. The molecule has 0 aromatic heterocycles. The Kier molecular flexibility index (Phi) is 6.60. The van der Waals surface area contributed by atoms with Crippen molar-refractivity contribution in [2.75, 3.05) is 0 Å². The Balaban J connectivity index is 1.93. The third-order valence-electron chi connectivity index (χ3n) is 5.88. The van der Waals surface area contributed by atoms with Crippen LogP contribution in [0.1, 0.15) is 58.1 Å². The average molecular weight is 359 g/mol. The lowest BCUT2D eigenvalue weighted by Gasteiger charge is -2.39. The highest BCUT2D eigenvalue weighted by Gasteiger charge is 2.39. The molecule has 1 aromatic carbocycles. The molecule has 2 aliphatic rings. The van der Waals surface area contributed by atoms with E-state index in [0.717, 1.165) is 19.3 Å². The number of unbranched alkanes of at least 4 members (excludes halogenated alkanes) is 1. The van der Waals surface area contributed by atoms with Crippen LogP contribution in [0.2, 0.25) is 5.82 Å². The molecule has 27 heavy (non-hydrogen) atoms. The van der Waals surface area contributed by atoms with Crippen LogP contribution in [-0.2, 0) is 6.42 Å². The van der Waals surface area contributed by atoms with E-state index in [9.17, 15) is 0 Å². The van der Waals surface area contributed by atoms with Crippen LogP contribution < -0.4 is 0 Å². The predicted octanol–water partition coefficient (Wildman–Crippen LogP) is 6.50. The van der Waals surface area contributed by atoms with Crippen molar-refractivity contribution in [2.24, 2.45) is 0 Å². The van der Waals surface area contributed by atoms with Crippen LogP contribution in [0.4, 0.5) is 0 Å². The molecular weight excluding hydrogens is 325 g/mol. The van der Waals surface area contributed by atoms with Crippen LogP contribution in [0.15, 0.2) is 66.8 Å². The van der Waals surface area contributed by atoms with Crippen molar-refractivity contribution >= 4 is 12.3 Å². The number of allylic oxidation sites excluding steroid dienone is 6. The number of fused-ring (bicyclic) bond motifs is 1. The minimum absolute atomic E-state index is 0.404. The summed E-state index contributed by atoms with van der Waals surface area (Å²) in [6.45, 7) is 13.6.